The number of nitrogens with one attached hydrogen (secondary N) is 1. The molecule has 1 aliphatic heterocycles. The summed E-state index contributed by atoms with van der Waals surface area (Å²) < 4.78 is 47.4. The molecule has 8 nitrogen and oxygen atoms in total. The van der Waals surface area contributed by atoms with Crippen LogP contribution >= 0.6 is 0 Å². The normalized spacial score (nSPS) is 14.4. The van der Waals surface area contributed by atoms with Crippen LogP contribution in [0.2, 0.25) is 0 Å². The third kappa shape index (κ3) is 6.43. The summed E-state index contributed by atoms with van der Waals surface area (Å²) in [6, 6.07) is 4.90. The van der Waals surface area contributed by atoms with E-state index in [9.17, 15) is 27.6 Å². The van der Waals surface area contributed by atoms with Crippen molar-refractivity contribution in [2.75, 3.05) is 23.3 Å². The van der Waals surface area contributed by atoms with E-state index in [-0.39, 0.29) is 18.8 Å². The van der Waals surface area contributed by atoms with Crippen LogP contribution in [-0.4, -0.2) is 52.8 Å². The third-order valence-electron chi connectivity index (χ3n) is 5.32. The SMILES string of the molecule is CC(C)(C)OC(=O)N1CCC(N(C(=O)Nc2cc(C(=O)O)c(F)cc2F)c2cccc(F)c2)CC1. The number of urea groups is 1. The maximum Gasteiger partial charge on any atom is 0.410 e. The van der Waals surface area contributed by atoms with Crippen molar-refractivity contribution in [3.63, 3.8) is 0 Å². The maximum atomic E-state index is 14.3. The van der Waals surface area contributed by atoms with Crippen molar-refractivity contribution in [1.82, 2.24) is 4.90 Å². The summed E-state index contributed by atoms with van der Waals surface area (Å²) >= 11 is 0. The third-order valence-corrected chi connectivity index (χ3v) is 5.32. The number of likely N-dealkylation sites (tertiary alicyclic amines) is 1. The number of anilines is 2. The van der Waals surface area contributed by atoms with Crippen LogP contribution in [0.15, 0.2) is 36.4 Å². The Morgan fingerprint density at radius 1 is 1.06 bits per heavy atom. The van der Waals surface area contributed by atoms with Crippen molar-refractivity contribution >= 4 is 29.5 Å². The molecule has 1 fully saturated rings. The van der Waals surface area contributed by atoms with Gasteiger partial charge in [0.15, 0.2) is 0 Å². The lowest BCUT2D eigenvalue weighted by molar-refractivity contribution is 0.0206. The lowest BCUT2D eigenvalue weighted by Gasteiger charge is -2.38. The molecule has 0 aliphatic carbocycles. The highest BCUT2D eigenvalue weighted by Crippen LogP contribution is 2.28. The van der Waals surface area contributed by atoms with Crippen molar-refractivity contribution < 1.29 is 37.4 Å². The van der Waals surface area contributed by atoms with Crippen LogP contribution in [-0.2, 0) is 4.74 Å². The van der Waals surface area contributed by atoms with E-state index in [1.165, 1.54) is 28.0 Å². The van der Waals surface area contributed by atoms with E-state index in [0.717, 1.165) is 6.07 Å². The molecule has 0 atom stereocenters. The molecule has 0 spiro atoms. The molecular weight excluding hydrogens is 467 g/mol. The average Bonchev–Trinajstić information content (AvgIpc) is 2.75. The van der Waals surface area contributed by atoms with Crippen molar-refractivity contribution in [2.24, 2.45) is 0 Å². The van der Waals surface area contributed by atoms with Gasteiger partial charge in [0.2, 0.25) is 0 Å². The van der Waals surface area contributed by atoms with Gasteiger partial charge in [-0.1, -0.05) is 6.07 Å². The minimum Gasteiger partial charge on any atom is -0.478 e. The Hall–Kier alpha value is -3.76. The Bertz CT molecular complexity index is 1130. The van der Waals surface area contributed by atoms with Gasteiger partial charge in [0.05, 0.1) is 11.3 Å². The lowest BCUT2D eigenvalue weighted by atomic mass is 10.0. The summed E-state index contributed by atoms with van der Waals surface area (Å²) in [6.07, 6.45) is 0.137. The van der Waals surface area contributed by atoms with Gasteiger partial charge < -0.3 is 20.1 Å². The largest absolute Gasteiger partial charge is 0.478 e. The van der Waals surface area contributed by atoms with Crippen LogP contribution in [0.1, 0.15) is 44.0 Å². The second-order valence-corrected chi connectivity index (χ2v) is 9.10. The number of hydrogen-bond acceptors (Lipinski definition) is 4. The summed E-state index contributed by atoms with van der Waals surface area (Å²) in [6.45, 7) is 5.76. The Morgan fingerprint density at radius 2 is 1.71 bits per heavy atom. The predicted octanol–water partition coefficient (Wildman–Crippen LogP) is 5.24. The number of carboxylic acids is 1. The summed E-state index contributed by atoms with van der Waals surface area (Å²) in [5, 5.41) is 11.4. The van der Waals surface area contributed by atoms with E-state index in [1.807, 2.05) is 0 Å². The fourth-order valence-electron chi connectivity index (χ4n) is 3.74. The van der Waals surface area contributed by atoms with E-state index in [0.29, 0.717) is 25.0 Å². The quantitative estimate of drug-likeness (QED) is 0.607. The van der Waals surface area contributed by atoms with Crippen LogP contribution in [0.4, 0.5) is 34.1 Å². The molecule has 1 aliphatic rings. The Kier molecular flexibility index (Phi) is 7.57. The second-order valence-electron chi connectivity index (χ2n) is 9.10. The number of nitrogens with zero attached hydrogens (tertiary/aromatic N) is 2. The molecule has 3 rings (SSSR count). The molecule has 0 saturated carbocycles. The number of carbonyl (C=O) groups is 3. The van der Waals surface area contributed by atoms with Gasteiger partial charge in [-0.05, 0) is 57.9 Å². The van der Waals surface area contributed by atoms with Crippen LogP contribution < -0.4 is 10.2 Å². The standard InChI is InChI=1S/C24H26F3N3O5/c1-24(2,3)35-23(34)29-9-7-15(8-10-29)30(16-6-4-5-14(25)11-16)22(33)28-20-12-17(21(31)32)18(26)13-19(20)27/h4-6,11-13,15H,7-10H2,1-3H3,(H,28,33)(H,31,32). The first-order valence-electron chi connectivity index (χ1n) is 10.9. The number of rotatable bonds is 4. The van der Waals surface area contributed by atoms with Gasteiger partial charge in [0.1, 0.15) is 23.1 Å². The monoisotopic (exact) mass is 493 g/mol. The van der Waals surface area contributed by atoms with Crippen molar-refractivity contribution in [3.05, 3.63) is 59.4 Å². The zero-order valence-corrected chi connectivity index (χ0v) is 19.5. The smallest absolute Gasteiger partial charge is 0.410 e. The number of carboxylic acid groups (broad SMARTS) is 1. The number of halogens is 3. The number of benzene rings is 2. The molecule has 2 aromatic carbocycles. The molecule has 1 heterocycles. The highest BCUT2D eigenvalue weighted by Gasteiger charge is 2.33. The van der Waals surface area contributed by atoms with Crippen molar-refractivity contribution in [3.8, 4) is 0 Å². The minimum absolute atomic E-state index is 0.180. The molecule has 0 aromatic heterocycles. The minimum atomic E-state index is -1.63. The summed E-state index contributed by atoms with van der Waals surface area (Å²) in [5.74, 6) is -4.69. The lowest BCUT2D eigenvalue weighted by Crippen LogP contribution is -2.51. The summed E-state index contributed by atoms with van der Waals surface area (Å²) in [4.78, 5) is 39.5. The molecule has 188 valence electrons. The molecule has 35 heavy (non-hydrogen) atoms. The highest BCUT2D eigenvalue weighted by atomic mass is 19.1. The number of carbonyl (C=O) groups excluding carboxylic acids is 2. The molecule has 1 saturated heterocycles. The zero-order chi connectivity index (χ0) is 25.9. The van der Waals surface area contributed by atoms with Crippen LogP contribution in [0.5, 0.6) is 0 Å². The topological polar surface area (TPSA) is 99.2 Å². The summed E-state index contributed by atoms with van der Waals surface area (Å²) in [7, 11) is 0. The van der Waals surface area contributed by atoms with Crippen LogP contribution in [0, 0.1) is 17.5 Å². The van der Waals surface area contributed by atoms with Gasteiger partial charge in [-0.25, -0.2) is 27.6 Å². The molecular formula is C24H26F3N3O5. The van der Waals surface area contributed by atoms with Gasteiger partial charge >= 0.3 is 18.1 Å². The predicted molar refractivity (Wildman–Crippen MR) is 122 cm³/mol. The van der Waals surface area contributed by atoms with E-state index in [2.05, 4.69) is 5.32 Å². The zero-order valence-electron chi connectivity index (χ0n) is 19.5. The Morgan fingerprint density at radius 3 is 2.29 bits per heavy atom. The molecule has 2 aromatic rings. The van der Waals surface area contributed by atoms with E-state index >= 15 is 0 Å². The Balaban J connectivity index is 1.84. The number of hydrogen-bond donors (Lipinski definition) is 2. The van der Waals surface area contributed by atoms with Gasteiger partial charge in [-0.2, -0.15) is 0 Å². The molecule has 0 radical (unpaired) electrons. The van der Waals surface area contributed by atoms with Crippen molar-refractivity contribution in [1.29, 1.82) is 0 Å². The first kappa shape index (κ1) is 25.9. The first-order chi connectivity index (χ1) is 16.4. The Labute approximate surface area is 200 Å². The second kappa shape index (κ2) is 10.2. The molecule has 0 bridgehead atoms. The van der Waals surface area contributed by atoms with Gasteiger partial charge in [0, 0.05) is 30.9 Å². The number of amides is 3. The number of ether oxygens (including phenoxy) is 1. The van der Waals surface area contributed by atoms with Gasteiger partial charge in [-0.15, -0.1) is 0 Å². The first-order valence-corrected chi connectivity index (χ1v) is 10.9. The molecule has 11 heteroatoms. The van der Waals surface area contributed by atoms with Crippen LogP contribution in [0.3, 0.4) is 0 Å². The van der Waals surface area contributed by atoms with E-state index in [4.69, 9.17) is 9.84 Å². The number of piperidine rings is 1. The highest BCUT2D eigenvalue weighted by molar-refractivity contribution is 6.03. The van der Waals surface area contributed by atoms with Crippen molar-refractivity contribution in [2.45, 2.75) is 45.3 Å². The summed E-state index contributed by atoms with van der Waals surface area (Å²) in [5.41, 5.74) is -1.85. The average molecular weight is 493 g/mol. The molecule has 3 amide bonds. The molecule has 0 unspecified atom stereocenters. The number of aromatic carboxylic acids is 1. The molecule has 2 N–H and O–H groups in total. The van der Waals surface area contributed by atoms with E-state index < -0.39 is 58.4 Å². The van der Waals surface area contributed by atoms with Gasteiger partial charge in [-0.3, -0.25) is 4.90 Å². The van der Waals surface area contributed by atoms with Gasteiger partial charge in [0.25, 0.3) is 0 Å². The fourth-order valence-corrected chi connectivity index (χ4v) is 3.74. The van der Waals surface area contributed by atoms with E-state index in [1.54, 1.807) is 20.8 Å². The van der Waals surface area contributed by atoms with Crippen LogP contribution in [0.25, 0.3) is 0 Å². The maximum absolute atomic E-state index is 14.3. The fraction of sp³-hybridized carbons (Fsp3) is 0.375.